The first kappa shape index (κ1) is 21.4. The topological polar surface area (TPSA) is 132 Å². The third kappa shape index (κ3) is 5.22. The van der Waals surface area contributed by atoms with Gasteiger partial charge < -0.3 is 10.1 Å². The van der Waals surface area contributed by atoms with Gasteiger partial charge in [0.05, 0.1) is 11.9 Å². The number of nitrogens with zero attached hydrogens (tertiary/aromatic N) is 5. The summed E-state index contributed by atoms with van der Waals surface area (Å²) in [6.45, 7) is 1.76. The Bertz CT molecular complexity index is 1180. The summed E-state index contributed by atoms with van der Waals surface area (Å²) in [5, 5.41) is 20.0. The standard InChI is InChI=1S/C21H20N6O4/c1-2-3-11-26-19(29)10-9-17(25-26)21(30)31-14-18(28)24-20-15(12-22)13-23-27(20)16-7-5-4-6-8-16/h4-10,13H,2-3,11,14H2,1H3,(H,24,28). The number of amides is 1. The number of hydrogen-bond donors (Lipinski definition) is 1. The molecule has 3 aromatic rings. The lowest BCUT2D eigenvalue weighted by Gasteiger charge is -2.10. The van der Waals surface area contributed by atoms with Gasteiger partial charge >= 0.3 is 5.97 Å². The van der Waals surface area contributed by atoms with Gasteiger partial charge in [0.2, 0.25) is 0 Å². The zero-order valence-corrected chi connectivity index (χ0v) is 16.8. The molecule has 3 rings (SSSR count). The van der Waals surface area contributed by atoms with Gasteiger partial charge in [-0.15, -0.1) is 0 Å². The number of esters is 1. The van der Waals surface area contributed by atoms with Crippen LogP contribution in [0.15, 0.2) is 53.5 Å². The van der Waals surface area contributed by atoms with E-state index >= 15 is 0 Å². The Hall–Kier alpha value is -4.26. The Morgan fingerprint density at radius 2 is 1.97 bits per heavy atom. The van der Waals surface area contributed by atoms with E-state index in [0.29, 0.717) is 12.2 Å². The molecule has 1 amide bonds. The SMILES string of the molecule is CCCCn1nc(C(=O)OCC(=O)Nc2c(C#N)cnn2-c2ccccc2)ccc1=O. The maximum absolute atomic E-state index is 12.3. The number of carbonyl (C=O) groups excluding carboxylic acids is 2. The lowest BCUT2D eigenvalue weighted by Crippen LogP contribution is -2.27. The van der Waals surface area contributed by atoms with Crippen LogP contribution in [-0.4, -0.2) is 38.0 Å². The summed E-state index contributed by atoms with van der Waals surface area (Å²) in [7, 11) is 0. The largest absolute Gasteiger partial charge is 0.451 e. The van der Waals surface area contributed by atoms with E-state index < -0.39 is 18.5 Å². The molecule has 0 aliphatic rings. The van der Waals surface area contributed by atoms with Crippen molar-refractivity contribution >= 4 is 17.7 Å². The van der Waals surface area contributed by atoms with Crippen molar-refractivity contribution in [2.75, 3.05) is 11.9 Å². The molecule has 1 aromatic carbocycles. The summed E-state index contributed by atoms with van der Waals surface area (Å²) in [5.41, 5.74) is 0.416. The number of ether oxygens (including phenoxy) is 1. The van der Waals surface area contributed by atoms with Crippen LogP contribution in [0.2, 0.25) is 0 Å². The lowest BCUT2D eigenvalue weighted by atomic mass is 10.3. The highest BCUT2D eigenvalue weighted by Crippen LogP contribution is 2.19. The van der Waals surface area contributed by atoms with E-state index in [4.69, 9.17) is 4.74 Å². The van der Waals surface area contributed by atoms with Crippen LogP contribution in [0.25, 0.3) is 5.69 Å². The van der Waals surface area contributed by atoms with Gasteiger partial charge in [0, 0.05) is 12.6 Å². The Balaban J connectivity index is 1.67. The van der Waals surface area contributed by atoms with Crippen LogP contribution in [0.5, 0.6) is 0 Å². The first-order valence-corrected chi connectivity index (χ1v) is 9.62. The van der Waals surface area contributed by atoms with Crippen molar-refractivity contribution in [3.63, 3.8) is 0 Å². The fourth-order valence-corrected chi connectivity index (χ4v) is 2.71. The second-order valence-corrected chi connectivity index (χ2v) is 6.52. The molecular formula is C21H20N6O4. The van der Waals surface area contributed by atoms with E-state index in [1.807, 2.05) is 19.1 Å². The number of rotatable bonds is 8. The van der Waals surface area contributed by atoms with Crippen molar-refractivity contribution in [1.29, 1.82) is 5.26 Å². The number of carbonyl (C=O) groups is 2. The maximum Gasteiger partial charge on any atom is 0.359 e. The van der Waals surface area contributed by atoms with Crippen molar-refractivity contribution in [3.05, 3.63) is 70.3 Å². The average molecular weight is 420 g/mol. The van der Waals surface area contributed by atoms with Gasteiger partial charge in [0.1, 0.15) is 11.6 Å². The number of para-hydroxylation sites is 1. The van der Waals surface area contributed by atoms with Crippen LogP contribution < -0.4 is 10.9 Å². The highest BCUT2D eigenvalue weighted by atomic mass is 16.5. The number of anilines is 1. The number of unbranched alkanes of at least 4 members (excludes halogenated alkanes) is 1. The van der Waals surface area contributed by atoms with E-state index in [-0.39, 0.29) is 22.6 Å². The first-order valence-electron chi connectivity index (χ1n) is 9.62. The molecule has 158 valence electrons. The molecule has 2 aromatic heterocycles. The van der Waals surface area contributed by atoms with E-state index in [0.717, 1.165) is 12.8 Å². The average Bonchev–Trinajstić information content (AvgIpc) is 3.19. The third-order valence-corrected chi connectivity index (χ3v) is 4.28. The molecule has 0 bridgehead atoms. The molecule has 31 heavy (non-hydrogen) atoms. The van der Waals surface area contributed by atoms with Crippen LogP contribution in [0.4, 0.5) is 5.82 Å². The van der Waals surface area contributed by atoms with Crippen molar-refractivity contribution < 1.29 is 14.3 Å². The highest BCUT2D eigenvalue weighted by Gasteiger charge is 2.17. The van der Waals surface area contributed by atoms with Gasteiger partial charge in [0.15, 0.2) is 18.1 Å². The normalized spacial score (nSPS) is 10.3. The second-order valence-electron chi connectivity index (χ2n) is 6.52. The minimum Gasteiger partial charge on any atom is -0.451 e. The van der Waals surface area contributed by atoms with Crippen LogP contribution in [0, 0.1) is 11.3 Å². The van der Waals surface area contributed by atoms with Crippen molar-refractivity contribution in [3.8, 4) is 11.8 Å². The van der Waals surface area contributed by atoms with Gasteiger partial charge in [-0.25, -0.2) is 14.2 Å². The zero-order chi connectivity index (χ0) is 22.2. The number of nitriles is 1. The molecule has 10 nitrogen and oxygen atoms in total. The zero-order valence-electron chi connectivity index (χ0n) is 16.8. The van der Waals surface area contributed by atoms with E-state index in [2.05, 4.69) is 15.5 Å². The molecule has 0 aliphatic heterocycles. The monoisotopic (exact) mass is 420 g/mol. The molecule has 0 aliphatic carbocycles. The summed E-state index contributed by atoms with van der Waals surface area (Å²) in [6, 6.07) is 13.4. The summed E-state index contributed by atoms with van der Waals surface area (Å²) < 4.78 is 7.61. The minimum atomic E-state index is -0.836. The third-order valence-electron chi connectivity index (χ3n) is 4.28. The lowest BCUT2D eigenvalue weighted by molar-refractivity contribution is -0.119. The fraction of sp³-hybridized carbons (Fsp3) is 0.238. The maximum atomic E-state index is 12.3. The number of aryl methyl sites for hydroxylation is 1. The fourth-order valence-electron chi connectivity index (χ4n) is 2.71. The Kier molecular flexibility index (Phi) is 6.90. The minimum absolute atomic E-state index is 0.0736. The molecule has 0 saturated carbocycles. The Morgan fingerprint density at radius 3 is 2.68 bits per heavy atom. The molecule has 0 unspecified atom stereocenters. The highest BCUT2D eigenvalue weighted by molar-refractivity contribution is 5.95. The molecular weight excluding hydrogens is 400 g/mol. The molecule has 1 N–H and O–H groups in total. The summed E-state index contributed by atoms with van der Waals surface area (Å²) >= 11 is 0. The van der Waals surface area contributed by atoms with Crippen LogP contribution in [0.3, 0.4) is 0 Å². The van der Waals surface area contributed by atoms with Crippen molar-refractivity contribution in [2.45, 2.75) is 26.3 Å². The Labute approximate surface area is 177 Å². The van der Waals surface area contributed by atoms with Crippen molar-refractivity contribution in [1.82, 2.24) is 19.6 Å². The van der Waals surface area contributed by atoms with Gasteiger partial charge in [-0.1, -0.05) is 31.5 Å². The molecule has 0 spiro atoms. The number of benzene rings is 1. The summed E-state index contributed by atoms with van der Waals surface area (Å²) in [6.07, 6.45) is 2.94. The molecule has 0 atom stereocenters. The molecule has 2 heterocycles. The van der Waals surface area contributed by atoms with Crippen LogP contribution >= 0.6 is 0 Å². The predicted molar refractivity (Wildman–Crippen MR) is 111 cm³/mol. The first-order chi connectivity index (χ1) is 15.0. The Morgan fingerprint density at radius 1 is 1.19 bits per heavy atom. The smallest absolute Gasteiger partial charge is 0.359 e. The summed E-state index contributed by atoms with van der Waals surface area (Å²) in [5.74, 6) is -1.32. The van der Waals surface area contributed by atoms with Gasteiger partial charge in [-0.05, 0) is 24.6 Å². The molecule has 0 fully saturated rings. The van der Waals surface area contributed by atoms with Crippen molar-refractivity contribution in [2.24, 2.45) is 0 Å². The number of hydrogen-bond acceptors (Lipinski definition) is 7. The van der Waals surface area contributed by atoms with E-state index in [9.17, 15) is 19.6 Å². The van der Waals surface area contributed by atoms with Gasteiger partial charge in [-0.3, -0.25) is 9.59 Å². The molecule has 0 radical (unpaired) electrons. The number of aromatic nitrogens is 4. The van der Waals surface area contributed by atoms with Crippen LogP contribution in [0.1, 0.15) is 35.8 Å². The van der Waals surface area contributed by atoms with Gasteiger partial charge in [0.25, 0.3) is 11.5 Å². The molecule has 10 heteroatoms. The molecule has 0 saturated heterocycles. The van der Waals surface area contributed by atoms with E-state index in [1.165, 1.54) is 27.7 Å². The second kappa shape index (κ2) is 9.98. The predicted octanol–water partition coefficient (Wildman–Crippen LogP) is 1.90. The van der Waals surface area contributed by atoms with E-state index in [1.54, 1.807) is 24.3 Å². The van der Waals surface area contributed by atoms with Crippen LogP contribution in [-0.2, 0) is 16.1 Å². The quantitative estimate of drug-likeness (QED) is 0.550. The van der Waals surface area contributed by atoms with Gasteiger partial charge in [-0.2, -0.15) is 15.5 Å². The number of nitrogens with one attached hydrogen (secondary N) is 1. The summed E-state index contributed by atoms with van der Waals surface area (Å²) in [4.78, 5) is 36.4.